The van der Waals surface area contributed by atoms with Gasteiger partial charge in [-0.15, -0.1) is 0 Å². The first-order valence-corrected chi connectivity index (χ1v) is 8.50. The molecule has 0 saturated heterocycles. The number of carbonyl (C=O) groups is 1. The van der Waals surface area contributed by atoms with Gasteiger partial charge in [0, 0.05) is 11.8 Å². The minimum Gasteiger partial charge on any atom is -0.446 e. The molecule has 27 heavy (non-hydrogen) atoms. The van der Waals surface area contributed by atoms with Gasteiger partial charge in [0.1, 0.15) is 11.9 Å². The van der Waals surface area contributed by atoms with Crippen molar-refractivity contribution in [2.45, 2.75) is 44.4 Å². The molecule has 0 spiro atoms. The molecule has 0 radical (unpaired) electrons. The lowest BCUT2D eigenvalue weighted by molar-refractivity contribution is -0.140. The number of nitrogens with zero attached hydrogens (tertiary/aromatic N) is 2. The zero-order valence-corrected chi connectivity index (χ0v) is 14.2. The van der Waals surface area contributed by atoms with Gasteiger partial charge in [-0.05, 0) is 43.9 Å². The van der Waals surface area contributed by atoms with Gasteiger partial charge >= 0.3 is 12.3 Å². The highest BCUT2D eigenvalue weighted by Gasteiger charge is 2.36. The SMILES string of the molecule is O=C(Nc1ccc(-c2cncc(F)c2)nc1C(F)(F)F)OC1CCCCC1. The van der Waals surface area contributed by atoms with Crippen molar-refractivity contribution in [2.75, 3.05) is 5.32 Å². The Labute approximate surface area is 152 Å². The number of nitrogens with one attached hydrogen (secondary N) is 1. The topological polar surface area (TPSA) is 64.1 Å². The van der Waals surface area contributed by atoms with Gasteiger partial charge in [-0.2, -0.15) is 13.2 Å². The molecule has 0 aliphatic heterocycles. The van der Waals surface area contributed by atoms with Crippen LogP contribution < -0.4 is 5.32 Å². The molecule has 0 aromatic carbocycles. The Morgan fingerprint density at radius 3 is 2.56 bits per heavy atom. The summed E-state index contributed by atoms with van der Waals surface area (Å²) in [5.41, 5.74) is -1.82. The average molecular weight is 383 g/mol. The van der Waals surface area contributed by atoms with Gasteiger partial charge in [0.25, 0.3) is 0 Å². The van der Waals surface area contributed by atoms with Crippen LogP contribution in [0.2, 0.25) is 0 Å². The molecule has 0 unspecified atom stereocenters. The molecule has 1 saturated carbocycles. The molecule has 5 nitrogen and oxygen atoms in total. The molecule has 1 amide bonds. The summed E-state index contributed by atoms with van der Waals surface area (Å²) in [4.78, 5) is 19.1. The van der Waals surface area contributed by atoms with Crippen LogP contribution in [0.5, 0.6) is 0 Å². The first kappa shape index (κ1) is 19.1. The van der Waals surface area contributed by atoms with E-state index in [4.69, 9.17) is 4.74 Å². The number of ether oxygens (including phenoxy) is 1. The second-order valence-corrected chi connectivity index (χ2v) is 6.27. The number of anilines is 1. The highest BCUT2D eigenvalue weighted by atomic mass is 19.4. The lowest BCUT2D eigenvalue weighted by atomic mass is 9.98. The normalized spacial score (nSPS) is 15.4. The summed E-state index contributed by atoms with van der Waals surface area (Å²) in [5.74, 6) is -0.693. The maximum absolute atomic E-state index is 13.4. The van der Waals surface area contributed by atoms with E-state index in [0.717, 1.165) is 37.6 Å². The maximum atomic E-state index is 13.4. The van der Waals surface area contributed by atoms with E-state index >= 15 is 0 Å². The van der Waals surface area contributed by atoms with E-state index in [0.29, 0.717) is 12.8 Å². The van der Waals surface area contributed by atoms with Crippen molar-refractivity contribution in [1.82, 2.24) is 9.97 Å². The number of hydrogen-bond donors (Lipinski definition) is 1. The molecule has 144 valence electrons. The lowest BCUT2D eigenvalue weighted by Crippen LogP contribution is -2.25. The number of alkyl halides is 3. The highest BCUT2D eigenvalue weighted by molar-refractivity contribution is 5.86. The quantitative estimate of drug-likeness (QED) is 0.742. The molecular formula is C18H17F4N3O2. The molecule has 1 aliphatic rings. The van der Waals surface area contributed by atoms with Crippen LogP contribution in [0.4, 0.5) is 28.0 Å². The standard InChI is InChI=1S/C18H17F4N3O2/c19-12-8-11(9-23-10-12)14-6-7-15(16(24-14)18(20,21)22)25-17(26)27-13-4-2-1-3-5-13/h6-10,13H,1-5H2,(H,25,26). The van der Waals surface area contributed by atoms with Crippen LogP contribution in [0.1, 0.15) is 37.8 Å². The van der Waals surface area contributed by atoms with Crippen molar-refractivity contribution >= 4 is 11.8 Å². The minimum atomic E-state index is -4.82. The van der Waals surface area contributed by atoms with Crippen LogP contribution in [0, 0.1) is 5.82 Å². The molecule has 2 heterocycles. The zero-order valence-electron chi connectivity index (χ0n) is 14.2. The van der Waals surface area contributed by atoms with Crippen molar-refractivity contribution in [2.24, 2.45) is 0 Å². The largest absolute Gasteiger partial charge is 0.446 e. The Kier molecular flexibility index (Phi) is 5.57. The summed E-state index contributed by atoms with van der Waals surface area (Å²) in [5, 5.41) is 2.12. The van der Waals surface area contributed by atoms with Crippen LogP contribution in [0.3, 0.4) is 0 Å². The first-order chi connectivity index (χ1) is 12.8. The van der Waals surface area contributed by atoms with Crippen LogP contribution in [0.25, 0.3) is 11.3 Å². The number of aromatic nitrogens is 2. The van der Waals surface area contributed by atoms with Crippen molar-refractivity contribution in [1.29, 1.82) is 0 Å². The predicted molar refractivity (Wildman–Crippen MR) is 89.4 cm³/mol. The monoisotopic (exact) mass is 383 g/mol. The van der Waals surface area contributed by atoms with Crippen LogP contribution in [-0.4, -0.2) is 22.2 Å². The zero-order chi connectivity index (χ0) is 19.4. The van der Waals surface area contributed by atoms with Gasteiger partial charge in [-0.25, -0.2) is 14.2 Å². The molecule has 0 atom stereocenters. The van der Waals surface area contributed by atoms with Gasteiger partial charge < -0.3 is 4.74 Å². The molecule has 1 aliphatic carbocycles. The Bertz CT molecular complexity index is 820. The second-order valence-electron chi connectivity index (χ2n) is 6.27. The molecule has 9 heteroatoms. The summed E-state index contributed by atoms with van der Waals surface area (Å²) in [7, 11) is 0. The van der Waals surface area contributed by atoms with E-state index in [9.17, 15) is 22.4 Å². The van der Waals surface area contributed by atoms with Crippen LogP contribution in [-0.2, 0) is 10.9 Å². The van der Waals surface area contributed by atoms with E-state index in [1.165, 1.54) is 12.3 Å². The number of halogens is 4. The smallest absolute Gasteiger partial charge is 0.435 e. The average Bonchev–Trinajstić information content (AvgIpc) is 2.62. The molecule has 2 aromatic rings. The lowest BCUT2D eigenvalue weighted by Gasteiger charge is -2.22. The third-order valence-electron chi connectivity index (χ3n) is 4.23. The van der Waals surface area contributed by atoms with Crippen LogP contribution >= 0.6 is 0 Å². The summed E-state index contributed by atoms with van der Waals surface area (Å²) in [6.45, 7) is 0. The number of amides is 1. The number of hydrogen-bond acceptors (Lipinski definition) is 4. The summed E-state index contributed by atoms with van der Waals surface area (Å²) >= 11 is 0. The molecule has 1 N–H and O–H groups in total. The van der Waals surface area contributed by atoms with E-state index in [-0.39, 0.29) is 17.4 Å². The highest BCUT2D eigenvalue weighted by Crippen LogP contribution is 2.35. The molecule has 3 rings (SSSR count). The Morgan fingerprint density at radius 1 is 1.15 bits per heavy atom. The summed E-state index contributed by atoms with van der Waals surface area (Å²) < 4.78 is 58.6. The van der Waals surface area contributed by atoms with Crippen LogP contribution in [0.15, 0.2) is 30.6 Å². The van der Waals surface area contributed by atoms with Gasteiger partial charge in [0.2, 0.25) is 0 Å². The van der Waals surface area contributed by atoms with E-state index in [1.54, 1.807) is 0 Å². The van der Waals surface area contributed by atoms with E-state index < -0.39 is 29.5 Å². The van der Waals surface area contributed by atoms with Gasteiger partial charge in [0.05, 0.1) is 17.6 Å². The van der Waals surface area contributed by atoms with Crippen molar-refractivity contribution in [3.05, 3.63) is 42.1 Å². The Hall–Kier alpha value is -2.71. The fraction of sp³-hybridized carbons (Fsp3) is 0.389. The van der Waals surface area contributed by atoms with Gasteiger partial charge in [-0.3, -0.25) is 10.3 Å². The minimum absolute atomic E-state index is 0.0943. The number of rotatable bonds is 3. The molecular weight excluding hydrogens is 366 g/mol. The third-order valence-corrected chi connectivity index (χ3v) is 4.23. The second kappa shape index (κ2) is 7.89. The Morgan fingerprint density at radius 2 is 1.89 bits per heavy atom. The molecule has 0 bridgehead atoms. The third kappa shape index (κ3) is 4.93. The van der Waals surface area contributed by atoms with E-state index in [1.807, 2.05) is 0 Å². The summed E-state index contributed by atoms with van der Waals surface area (Å²) in [6.07, 6.45) is 0.374. The molecule has 2 aromatic heterocycles. The first-order valence-electron chi connectivity index (χ1n) is 8.50. The fourth-order valence-electron chi connectivity index (χ4n) is 2.96. The van der Waals surface area contributed by atoms with Crippen molar-refractivity contribution in [3.8, 4) is 11.3 Å². The summed E-state index contributed by atoms with van der Waals surface area (Å²) in [6, 6.07) is 3.35. The number of pyridine rings is 2. The van der Waals surface area contributed by atoms with Crippen molar-refractivity contribution < 1.29 is 27.1 Å². The van der Waals surface area contributed by atoms with Gasteiger partial charge in [0.15, 0.2) is 5.69 Å². The number of carbonyl (C=O) groups excluding carboxylic acids is 1. The fourth-order valence-corrected chi connectivity index (χ4v) is 2.96. The predicted octanol–water partition coefficient (Wildman–Crippen LogP) is 5.18. The van der Waals surface area contributed by atoms with Crippen molar-refractivity contribution in [3.63, 3.8) is 0 Å². The van der Waals surface area contributed by atoms with Gasteiger partial charge in [-0.1, -0.05) is 6.42 Å². The molecule has 1 fully saturated rings. The maximum Gasteiger partial charge on any atom is 0.435 e. The van der Waals surface area contributed by atoms with E-state index in [2.05, 4.69) is 15.3 Å². The Balaban J connectivity index is 1.83.